The third-order valence-corrected chi connectivity index (χ3v) is 6.38. The maximum Gasteiger partial charge on any atom is 0.0488 e. The molecular formula is C35H43N. The Kier molecular flexibility index (Phi) is 10.7. The van der Waals surface area contributed by atoms with Crippen molar-refractivity contribution < 1.29 is 0 Å². The predicted molar refractivity (Wildman–Crippen MR) is 164 cm³/mol. The van der Waals surface area contributed by atoms with Crippen molar-refractivity contribution in [3.05, 3.63) is 126 Å². The van der Waals surface area contributed by atoms with Gasteiger partial charge in [0, 0.05) is 34.6 Å². The van der Waals surface area contributed by atoms with Gasteiger partial charge in [-0.05, 0) is 55.2 Å². The van der Waals surface area contributed by atoms with E-state index in [2.05, 4.69) is 136 Å². The number of hydrogen-bond acceptors (Lipinski definition) is 0. The average Bonchev–Trinajstić information content (AvgIpc) is 3.10. The number of aromatic nitrogens is 1. The van der Waals surface area contributed by atoms with E-state index in [1.165, 1.54) is 38.7 Å². The Bertz CT molecular complexity index is 1320. The van der Waals surface area contributed by atoms with E-state index in [1.807, 2.05) is 33.8 Å². The number of allylic oxidation sites excluding steroid dienone is 9. The van der Waals surface area contributed by atoms with Crippen LogP contribution in [0.4, 0.5) is 0 Å². The van der Waals surface area contributed by atoms with Crippen molar-refractivity contribution >= 4 is 28.6 Å². The lowest BCUT2D eigenvalue weighted by Gasteiger charge is -2.15. The van der Waals surface area contributed by atoms with Crippen molar-refractivity contribution in [2.75, 3.05) is 0 Å². The molecule has 0 bridgehead atoms. The van der Waals surface area contributed by atoms with Gasteiger partial charge in [-0.3, -0.25) is 0 Å². The summed E-state index contributed by atoms with van der Waals surface area (Å²) in [5.41, 5.74) is 8.60. The number of hydrogen-bond donors (Lipinski definition) is 0. The van der Waals surface area contributed by atoms with Crippen LogP contribution in [0.3, 0.4) is 0 Å². The molecule has 1 aromatic heterocycles. The van der Waals surface area contributed by atoms with Crippen LogP contribution in [0.25, 0.3) is 28.6 Å². The van der Waals surface area contributed by atoms with Gasteiger partial charge in [-0.1, -0.05) is 125 Å². The minimum Gasteiger partial charge on any atom is -0.344 e. The quantitative estimate of drug-likeness (QED) is 0.322. The number of para-hydroxylation sites is 1. The van der Waals surface area contributed by atoms with Gasteiger partial charge in [0.05, 0.1) is 0 Å². The molecule has 0 spiro atoms. The summed E-state index contributed by atoms with van der Waals surface area (Å²) in [5, 5.41) is 1.25. The second kappa shape index (κ2) is 13.5. The van der Waals surface area contributed by atoms with Crippen LogP contribution in [0.5, 0.6) is 0 Å². The molecule has 2 aromatic carbocycles. The summed E-state index contributed by atoms with van der Waals surface area (Å²) >= 11 is 0. The maximum absolute atomic E-state index is 4.02. The summed E-state index contributed by atoms with van der Waals surface area (Å²) in [6.45, 7) is 18.6. The Morgan fingerprint density at radius 2 is 1.47 bits per heavy atom. The Morgan fingerprint density at radius 1 is 0.833 bits per heavy atom. The zero-order chi connectivity index (χ0) is 26.7. The second-order valence-corrected chi connectivity index (χ2v) is 8.74. The van der Waals surface area contributed by atoms with E-state index >= 15 is 0 Å². The van der Waals surface area contributed by atoms with Gasteiger partial charge in [0.1, 0.15) is 0 Å². The van der Waals surface area contributed by atoms with E-state index in [4.69, 9.17) is 0 Å². The number of benzene rings is 2. The van der Waals surface area contributed by atoms with E-state index < -0.39 is 0 Å². The van der Waals surface area contributed by atoms with E-state index in [1.54, 1.807) is 0 Å². The zero-order valence-electron chi connectivity index (χ0n) is 23.5. The van der Waals surface area contributed by atoms with Crippen LogP contribution < -0.4 is 0 Å². The first-order valence-electron chi connectivity index (χ1n) is 13.1. The van der Waals surface area contributed by atoms with Crippen molar-refractivity contribution in [2.45, 2.75) is 48.5 Å². The fourth-order valence-electron chi connectivity index (χ4n) is 4.41. The highest BCUT2D eigenvalue weighted by Crippen LogP contribution is 2.33. The predicted octanol–water partition coefficient (Wildman–Crippen LogP) is 10.4. The normalized spacial score (nSPS) is 17.1. The van der Waals surface area contributed by atoms with Gasteiger partial charge >= 0.3 is 0 Å². The fourth-order valence-corrected chi connectivity index (χ4v) is 4.41. The third-order valence-electron chi connectivity index (χ3n) is 6.38. The van der Waals surface area contributed by atoms with Crippen molar-refractivity contribution in [2.24, 2.45) is 12.5 Å². The molecule has 1 atom stereocenters. The summed E-state index contributed by atoms with van der Waals surface area (Å²) in [6, 6.07) is 17.1. The first-order chi connectivity index (χ1) is 17.4. The van der Waals surface area contributed by atoms with Crippen LogP contribution in [0.2, 0.25) is 0 Å². The number of nitrogens with zero attached hydrogens (tertiary/aromatic N) is 1. The van der Waals surface area contributed by atoms with Gasteiger partial charge in [0.15, 0.2) is 0 Å². The summed E-state index contributed by atoms with van der Waals surface area (Å²) < 4.78 is 2.20. The van der Waals surface area contributed by atoms with Crippen LogP contribution in [0.1, 0.15) is 63.9 Å². The molecule has 0 fully saturated rings. The van der Waals surface area contributed by atoms with Gasteiger partial charge in [0.2, 0.25) is 0 Å². The van der Waals surface area contributed by atoms with Gasteiger partial charge in [-0.25, -0.2) is 0 Å². The first-order valence-corrected chi connectivity index (χ1v) is 13.1. The topological polar surface area (TPSA) is 4.93 Å². The second-order valence-electron chi connectivity index (χ2n) is 8.74. The molecule has 1 nitrogen and oxygen atoms in total. The summed E-state index contributed by atoms with van der Waals surface area (Å²) in [4.78, 5) is 0. The van der Waals surface area contributed by atoms with Crippen LogP contribution in [-0.4, -0.2) is 4.57 Å². The summed E-state index contributed by atoms with van der Waals surface area (Å²) in [5.74, 6) is 0. The molecule has 3 aromatic rings. The molecule has 1 aliphatic carbocycles. The molecule has 0 saturated heterocycles. The van der Waals surface area contributed by atoms with Crippen LogP contribution in [0, 0.1) is 12.3 Å². The molecule has 1 unspecified atom stereocenters. The molecule has 0 amide bonds. The smallest absolute Gasteiger partial charge is 0.0488 e. The van der Waals surface area contributed by atoms with Crippen LogP contribution in [0.15, 0.2) is 103 Å². The molecule has 4 rings (SSSR count). The largest absolute Gasteiger partial charge is 0.344 e. The molecule has 0 radical (unpaired) electrons. The number of aryl methyl sites for hydroxylation is 2. The van der Waals surface area contributed by atoms with E-state index in [-0.39, 0.29) is 5.41 Å². The van der Waals surface area contributed by atoms with Gasteiger partial charge in [-0.2, -0.15) is 0 Å². The van der Waals surface area contributed by atoms with Crippen molar-refractivity contribution in [3.63, 3.8) is 0 Å². The van der Waals surface area contributed by atoms with Crippen LogP contribution >= 0.6 is 0 Å². The fraction of sp³-hybridized carbons (Fsp3) is 0.257. The van der Waals surface area contributed by atoms with Gasteiger partial charge in [-0.15, -0.1) is 0 Å². The molecular weight excluding hydrogens is 434 g/mol. The van der Waals surface area contributed by atoms with Gasteiger partial charge < -0.3 is 4.57 Å². The van der Waals surface area contributed by atoms with Gasteiger partial charge in [0.25, 0.3) is 0 Å². The SMILES string of the molecule is C=Cc1c(/C=C\C=C\C2(C)C=CC(C)=C(c3ccccc3C)C=C2)c2ccccc2n1C.CC.CC. The minimum atomic E-state index is -0.143. The lowest BCUT2D eigenvalue weighted by atomic mass is 9.89. The Labute approximate surface area is 219 Å². The molecule has 1 heterocycles. The van der Waals surface area contributed by atoms with Crippen molar-refractivity contribution in [1.82, 2.24) is 4.57 Å². The molecule has 36 heavy (non-hydrogen) atoms. The van der Waals surface area contributed by atoms with E-state index in [9.17, 15) is 0 Å². The monoisotopic (exact) mass is 477 g/mol. The number of rotatable bonds is 5. The lowest BCUT2D eigenvalue weighted by Crippen LogP contribution is -2.04. The third kappa shape index (κ3) is 6.34. The van der Waals surface area contributed by atoms with Crippen molar-refractivity contribution in [3.8, 4) is 0 Å². The molecule has 1 heteroatoms. The lowest BCUT2D eigenvalue weighted by molar-refractivity contribution is 0.718. The minimum absolute atomic E-state index is 0.143. The highest BCUT2D eigenvalue weighted by atomic mass is 14.9. The summed E-state index contributed by atoms with van der Waals surface area (Å²) in [7, 11) is 2.09. The summed E-state index contributed by atoms with van der Waals surface area (Å²) in [6.07, 6.45) is 19.7. The molecule has 0 aliphatic heterocycles. The maximum atomic E-state index is 4.02. The molecule has 1 aliphatic rings. The van der Waals surface area contributed by atoms with E-state index in [0.29, 0.717) is 0 Å². The molecule has 0 saturated carbocycles. The highest BCUT2D eigenvalue weighted by Gasteiger charge is 2.17. The Hall–Kier alpha value is -3.58. The van der Waals surface area contributed by atoms with Crippen molar-refractivity contribution in [1.29, 1.82) is 0 Å². The zero-order valence-corrected chi connectivity index (χ0v) is 23.5. The molecule has 188 valence electrons. The first kappa shape index (κ1) is 28.7. The van der Waals surface area contributed by atoms with Crippen LogP contribution in [-0.2, 0) is 7.05 Å². The Morgan fingerprint density at radius 3 is 2.17 bits per heavy atom. The highest BCUT2D eigenvalue weighted by molar-refractivity contribution is 5.94. The molecule has 0 N–H and O–H groups in total. The number of fused-ring (bicyclic) bond motifs is 1. The van der Waals surface area contributed by atoms with E-state index in [0.717, 1.165) is 5.69 Å². The average molecular weight is 478 g/mol. The Balaban J connectivity index is 0.00000109. The standard InChI is InChI=1S/C31H31N.2C2H6/c1-6-29-27(28-15-9-10-17-30(28)32(29)5)16-11-12-20-31(4)21-18-24(3)26(19-22-31)25-14-8-7-13-23(25)2;2*1-2/h6-22H,1H2,2-5H3;2*1-2H3/b16-11-,20-12+;;.